The molecular formula is C23H24ClNO2. The second-order valence-electron chi connectivity index (χ2n) is 7.73. The van der Waals surface area contributed by atoms with Crippen molar-refractivity contribution >= 4 is 17.3 Å². The van der Waals surface area contributed by atoms with Gasteiger partial charge in [-0.1, -0.05) is 35.9 Å². The molecule has 0 bridgehead atoms. The Balaban J connectivity index is 1.40. The molecule has 0 radical (unpaired) electrons. The van der Waals surface area contributed by atoms with Crippen LogP contribution in [0.15, 0.2) is 54.6 Å². The zero-order valence-electron chi connectivity index (χ0n) is 15.2. The minimum atomic E-state index is 0.241. The van der Waals surface area contributed by atoms with E-state index in [1.807, 2.05) is 12.1 Å². The molecule has 1 N–H and O–H groups in total. The fourth-order valence-electron chi connectivity index (χ4n) is 4.66. The number of ether oxygens (including phenoxy) is 2. The number of anilines is 1. The average Bonchev–Trinajstić information content (AvgIpc) is 3.37. The fourth-order valence-corrected chi connectivity index (χ4v) is 4.86. The van der Waals surface area contributed by atoms with Crippen LogP contribution in [0.3, 0.4) is 0 Å². The van der Waals surface area contributed by atoms with Crippen LogP contribution in [0.1, 0.15) is 42.3 Å². The highest BCUT2D eigenvalue weighted by atomic mass is 35.5. The van der Waals surface area contributed by atoms with E-state index in [9.17, 15) is 0 Å². The first-order valence-electron chi connectivity index (χ1n) is 9.85. The standard InChI is InChI=1S/C23H24ClNO2/c24-16-5-1-4-15(12-16)23-20-8-2-7-19(20)21-13-17(9-10-22(21)25-23)27-14-18-6-3-11-26-18/h1-2,4-5,7,9-10,12-13,18-20,23,25H,3,6,8,11,14H2. The van der Waals surface area contributed by atoms with E-state index in [1.54, 1.807) is 0 Å². The van der Waals surface area contributed by atoms with Gasteiger partial charge in [-0.3, -0.25) is 0 Å². The largest absolute Gasteiger partial charge is 0.491 e. The molecule has 2 aromatic rings. The summed E-state index contributed by atoms with van der Waals surface area (Å²) in [5.41, 5.74) is 3.78. The van der Waals surface area contributed by atoms with Gasteiger partial charge in [0.05, 0.1) is 12.1 Å². The van der Waals surface area contributed by atoms with Crippen LogP contribution in [0.2, 0.25) is 5.02 Å². The van der Waals surface area contributed by atoms with Gasteiger partial charge in [0.25, 0.3) is 0 Å². The van der Waals surface area contributed by atoms with Crippen LogP contribution in [-0.2, 0) is 4.74 Å². The highest BCUT2D eigenvalue weighted by Gasteiger charge is 2.38. The van der Waals surface area contributed by atoms with Gasteiger partial charge < -0.3 is 14.8 Å². The van der Waals surface area contributed by atoms with Crippen LogP contribution in [-0.4, -0.2) is 19.3 Å². The summed E-state index contributed by atoms with van der Waals surface area (Å²) in [6.07, 6.45) is 8.22. The van der Waals surface area contributed by atoms with E-state index in [1.165, 1.54) is 16.8 Å². The molecule has 0 saturated carbocycles. The maximum absolute atomic E-state index is 6.25. The average molecular weight is 382 g/mol. The van der Waals surface area contributed by atoms with Crippen molar-refractivity contribution in [3.8, 4) is 5.75 Å². The lowest BCUT2D eigenvalue weighted by Crippen LogP contribution is -2.29. The van der Waals surface area contributed by atoms with Crippen molar-refractivity contribution in [1.29, 1.82) is 0 Å². The molecule has 3 aliphatic rings. The molecule has 1 fully saturated rings. The first-order valence-corrected chi connectivity index (χ1v) is 10.2. The number of hydrogen-bond donors (Lipinski definition) is 1. The van der Waals surface area contributed by atoms with Crippen LogP contribution in [0.4, 0.5) is 5.69 Å². The summed E-state index contributed by atoms with van der Waals surface area (Å²) >= 11 is 6.25. The minimum Gasteiger partial charge on any atom is -0.491 e. The number of benzene rings is 2. The third-order valence-corrected chi connectivity index (χ3v) is 6.24. The topological polar surface area (TPSA) is 30.5 Å². The second-order valence-corrected chi connectivity index (χ2v) is 8.16. The third kappa shape index (κ3) is 3.35. The Morgan fingerprint density at radius 3 is 3.00 bits per heavy atom. The van der Waals surface area contributed by atoms with Gasteiger partial charge in [-0.05, 0) is 66.6 Å². The Morgan fingerprint density at radius 2 is 2.15 bits per heavy atom. The van der Waals surface area contributed by atoms with Gasteiger partial charge in [-0.25, -0.2) is 0 Å². The fraction of sp³-hybridized carbons (Fsp3) is 0.391. The normalized spacial score (nSPS) is 28.5. The molecule has 2 aromatic carbocycles. The first kappa shape index (κ1) is 17.2. The van der Waals surface area contributed by atoms with Gasteiger partial charge in [0.1, 0.15) is 12.4 Å². The number of rotatable bonds is 4. The molecule has 4 atom stereocenters. The SMILES string of the molecule is Clc1cccc(C2Nc3ccc(OCC4CCCO4)cc3C3C=CCC32)c1. The number of allylic oxidation sites excluding steroid dienone is 2. The van der Waals surface area contributed by atoms with E-state index >= 15 is 0 Å². The molecule has 0 aromatic heterocycles. The maximum atomic E-state index is 6.25. The van der Waals surface area contributed by atoms with Crippen molar-refractivity contribution in [1.82, 2.24) is 0 Å². The summed E-state index contributed by atoms with van der Waals surface area (Å²) in [6.45, 7) is 1.50. The van der Waals surface area contributed by atoms with E-state index in [4.69, 9.17) is 21.1 Å². The molecule has 1 saturated heterocycles. The molecule has 3 nitrogen and oxygen atoms in total. The van der Waals surface area contributed by atoms with Crippen LogP contribution >= 0.6 is 11.6 Å². The van der Waals surface area contributed by atoms with Gasteiger partial charge in [0.2, 0.25) is 0 Å². The Labute approximate surface area is 165 Å². The zero-order valence-corrected chi connectivity index (χ0v) is 16.0. The molecule has 1 aliphatic carbocycles. The molecule has 27 heavy (non-hydrogen) atoms. The van der Waals surface area contributed by atoms with E-state index < -0.39 is 0 Å². The van der Waals surface area contributed by atoms with Gasteiger partial charge in [-0.2, -0.15) is 0 Å². The molecular weight excluding hydrogens is 358 g/mol. The number of hydrogen-bond acceptors (Lipinski definition) is 3. The third-order valence-electron chi connectivity index (χ3n) is 6.00. The lowest BCUT2D eigenvalue weighted by atomic mass is 9.77. The minimum absolute atomic E-state index is 0.241. The predicted octanol–water partition coefficient (Wildman–Crippen LogP) is 5.72. The summed E-state index contributed by atoms with van der Waals surface area (Å²) in [5, 5.41) is 4.55. The number of fused-ring (bicyclic) bond motifs is 3. The van der Waals surface area contributed by atoms with Gasteiger partial charge in [0.15, 0.2) is 0 Å². The quantitative estimate of drug-likeness (QED) is 0.686. The molecule has 140 valence electrons. The molecule has 2 aliphatic heterocycles. The lowest BCUT2D eigenvalue weighted by Gasteiger charge is -2.37. The van der Waals surface area contributed by atoms with Crippen molar-refractivity contribution in [2.75, 3.05) is 18.5 Å². The predicted molar refractivity (Wildman–Crippen MR) is 109 cm³/mol. The van der Waals surface area contributed by atoms with Crippen LogP contribution in [0.25, 0.3) is 0 Å². The summed E-state index contributed by atoms with van der Waals surface area (Å²) in [6, 6.07) is 14.9. The molecule has 4 heteroatoms. The lowest BCUT2D eigenvalue weighted by molar-refractivity contribution is 0.0679. The first-order chi connectivity index (χ1) is 13.3. The monoisotopic (exact) mass is 381 g/mol. The molecule has 4 unspecified atom stereocenters. The van der Waals surface area contributed by atoms with Gasteiger partial charge in [0, 0.05) is 23.2 Å². The van der Waals surface area contributed by atoms with E-state index in [0.29, 0.717) is 18.4 Å². The van der Waals surface area contributed by atoms with Crippen LogP contribution in [0, 0.1) is 5.92 Å². The van der Waals surface area contributed by atoms with E-state index in [0.717, 1.165) is 36.6 Å². The smallest absolute Gasteiger partial charge is 0.119 e. The van der Waals surface area contributed by atoms with E-state index in [-0.39, 0.29) is 12.1 Å². The second kappa shape index (κ2) is 7.21. The maximum Gasteiger partial charge on any atom is 0.119 e. The molecule has 0 spiro atoms. The number of nitrogens with one attached hydrogen (secondary N) is 1. The summed E-state index contributed by atoms with van der Waals surface area (Å²) in [7, 11) is 0. The van der Waals surface area contributed by atoms with Crippen molar-refractivity contribution in [2.24, 2.45) is 5.92 Å². The Hall–Kier alpha value is -1.97. The van der Waals surface area contributed by atoms with Crippen molar-refractivity contribution in [2.45, 2.75) is 37.3 Å². The summed E-state index contributed by atoms with van der Waals surface area (Å²) in [5.74, 6) is 1.85. The Kier molecular flexibility index (Phi) is 4.58. The molecule has 0 amide bonds. The molecule has 5 rings (SSSR count). The summed E-state index contributed by atoms with van der Waals surface area (Å²) < 4.78 is 11.7. The zero-order chi connectivity index (χ0) is 18.2. The van der Waals surface area contributed by atoms with Crippen molar-refractivity contribution < 1.29 is 9.47 Å². The van der Waals surface area contributed by atoms with Crippen LogP contribution in [0.5, 0.6) is 5.75 Å². The summed E-state index contributed by atoms with van der Waals surface area (Å²) in [4.78, 5) is 0. The van der Waals surface area contributed by atoms with Gasteiger partial charge >= 0.3 is 0 Å². The molecule has 2 heterocycles. The Bertz CT molecular complexity index is 859. The highest BCUT2D eigenvalue weighted by Crippen LogP contribution is 2.50. The van der Waals surface area contributed by atoms with Crippen molar-refractivity contribution in [3.63, 3.8) is 0 Å². The van der Waals surface area contributed by atoms with Crippen molar-refractivity contribution in [3.05, 3.63) is 70.8 Å². The number of halogens is 1. The Morgan fingerprint density at radius 1 is 1.19 bits per heavy atom. The van der Waals surface area contributed by atoms with Crippen LogP contribution < -0.4 is 10.1 Å². The highest BCUT2D eigenvalue weighted by molar-refractivity contribution is 6.30. The van der Waals surface area contributed by atoms with E-state index in [2.05, 4.69) is 47.8 Å². The van der Waals surface area contributed by atoms with Gasteiger partial charge in [-0.15, -0.1) is 0 Å².